The van der Waals surface area contributed by atoms with E-state index in [1.807, 2.05) is 0 Å². The first kappa shape index (κ1) is 15.6. The van der Waals surface area contributed by atoms with Crippen LogP contribution in [0.4, 0.5) is 13.2 Å². The Labute approximate surface area is 109 Å². The fourth-order valence-corrected chi connectivity index (χ4v) is 2.07. The molecule has 106 valence electrons. The number of halogens is 3. The van der Waals surface area contributed by atoms with E-state index in [9.17, 15) is 18.0 Å². The molecule has 1 atom stereocenters. The predicted octanol–water partition coefficient (Wildman–Crippen LogP) is 4.00. The first-order valence-electron chi connectivity index (χ1n) is 5.96. The van der Waals surface area contributed by atoms with Gasteiger partial charge in [0.1, 0.15) is 11.2 Å². The molecule has 0 aromatic heterocycles. The van der Waals surface area contributed by atoms with Crippen LogP contribution >= 0.6 is 0 Å². The van der Waals surface area contributed by atoms with Crippen LogP contribution in [0.2, 0.25) is 0 Å². The van der Waals surface area contributed by atoms with Gasteiger partial charge in [0.2, 0.25) is 6.08 Å². The van der Waals surface area contributed by atoms with Gasteiger partial charge in [-0.25, -0.2) is 4.79 Å². The SMILES string of the molecule is CC(C)C1=C(N=C=O)C(CC(F)(F)F)(C(C)C)N=N1. The lowest BCUT2D eigenvalue weighted by atomic mass is 9.80. The Morgan fingerprint density at radius 2 is 1.89 bits per heavy atom. The maximum Gasteiger partial charge on any atom is 0.391 e. The summed E-state index contributed by atoms with van der Waals surface area (Å²) in [6, 6.07) is 0. The lowest BCUT2D eigenvalue weighted by Gasteiger charge is -2.30. The zero-order valence-corrected chi connectivity index (χ0v) is 11.2. The second-order valence-corrected chi connectivity index (χ2v) is 5.16. The van der Waals surface area contributed by atoms with Crippen molar-refractivity contribution in [3.05, 3.63) is 11.4 Å². The van der Waals surface area contributed by atoms with Crippen LogP contribution in [-0.2, 0) is 4.79 Å². The first-order valence-corrected chi connectivity index (χ1v) is 5.96. The van der Waals surface area contributed by atoms with Crippen molar-refractivity contribution < 1.29 is 18.0 Å². The van der Waals surface area contributed by atoms with E-state index in [0.717, 1.165) is 0 Å². The van der Waals surface area contributed by atoms with Gasteiger partial charge in [0.05, 0.1) is 12.1 Å². The standard InChI is InChI=1S/C12H16F3N3O/c1-7(2)9-10(16-6-19)11(8(3)4,18-17-9)5-12(13,14)15/h7-8H,5H2,1-4H3. The summed E-state index contributed by atoms with van der Waals surface area (Å²) >= 11 is 0. The zero-order chi connectivity index (χ0) is 14.8. The second-order valence-electron chi connectivity index (χ2n) is 5.16. The highest BCUT2D eigenvalue weighted by Crippen LogP contribution is 2.47. The molecule has 1 unspecified atom stereocenters. The van der Waals surface area contributed by atoms with Gasteiger partial charge in [0.25, 0.3) is 0 Å². The molecule has 0 fully saturated rings. The third-order valence-corrected chi connectivity index (χ3v) is 3.12. The monoisotopic (exact) mass is 275 g/mol. The van der Waals surface area contributed by atoms with E-state index in [2.05, 4.69) is 15.2 Å². The fourth-order valence-electron chi connectivity index (χ4n) is 2.07. The van der Waals surface area contributed by atoms with E-state index in [1.165, 1.54) is 6.08 Å². The number of hydrogen-bond donors (Lipinski definition) is 0. The molecule has 7 heteroatoms. The van der Waals surface area contributed by atoms with Gasteiger partial charge >= 0.3 is 6.18 Å². The summed E-state index contributed by atoms with van der Waals surface area (Å²) in [5, 5.41) is 7.64. The lowest BCUT2D eigenvalue weighted by Crippen LogP contribution is -2.38. The van der Waals surface area contributed by atoms with Gasteiger partial charge in [-0.15, -0.1) is 0 Å². The number of isocyanates is 1. The maximum atomic E-state index is 12.8. The zero-order valence-electron chi connectivity index (χ0n) is 11.2. The van der Waals surface area contributed by atoms with E-state index in [1.54, 1.807) is 27.7 Å². The molecule has 19 heavy (non-hydrogen) atoms. The molecule has 0 amide bonds. The number of hydrogen-bond acceptors (Lipinski definition) is 4. The molecule has 1 aliphatic rings. The van der Waals surface area contributed by atoms with Gasteiger partial charge in [-0.1, -0.05) is 27.7 Å². The molecular formula is C12H16F3N3O. The lowest BCUT2D eigenvalue weighted by molar-refractivity contribution is -0.147. The Morgan fingerprint density at radius 3 is 2.26 bits per heavy atom. The molecule has 0 aromatic carbocycles. The Kier molecular flexibility index (Phi) is 4.30. The molecule has 0 radical (unpaired) electrons. The van der Waals surface area contributed by atoms with E-state index in [4.69, 9.17) is 0 Å². The van der Waals surface area contributed by atoms with Crippen LogP contribution in [-0.4, -0.2) is 17.8 Å². The van der Waals surface area contributed by atoms with Crippen LogP contribution in [0.15, 0.2) is 26.6 Å². The molecule has 1 heterocycles. The van der Waals surface area contributed by atoms with Gasteiger partial charge in [-0.2, -0.15) is 28.4 Å². The normalized spacial score (nSPS) is 23.4. The van der Waals surface area contributed by atoms with E-state index in [-0.39, 0.29) is 11.6 Å². The van der Waals surface area contributed by atoms with Gasteiger partial charge in [0, 0.05) is 0 Å². The summed E-state index contributed by atoms with van der Waals surface area (Å²) in [6.45, 7) is 6.74. The molecule has 0 saturated heterocycles. The van der Waals surface area contributed by atoms with Crippen molar-refractivity contribution in [1.82, 2.24) is 0 Å². The van der Waals surface area contributed by atoms with Crippen molar-refractivity contribution >= 4 is 6.08 Å². The van der Waals surface area contributed by atoms with Gasteiger partial charge in [-0.05, 0) is 11.8 Å². The third-order valence-electron chi connectivity index (χ3n) is 3.12. The number of alkyl halides is 3. The van der Waals surface area contributed by atoms with Crippen molar-refractivity contribution in [2.45, 2.75) is 45.8 Å². The molecule has 1 rings (SSSR count). The van der Waals surface area contributed by atoms with Crippen LogP contribution in [0, 0.1) is 11.8 Å². The number of rotatable bonds is 4. The van der Waals surface area contributed by atoms with Crippen LogP contribution in [0.5, 0.6) is 0 Å². The number of nitrogens with zero attached hydrogens (tertiary/aromatic N) is 3. The van der Waals surface area contributed by atoms with E-state index in [0.29, 0.717) is 5.70 Å². The summed E-state index contributed by atoms with van der Waals surface area (Å²) < 4.78 is 38.4. The Bertz CT molecular complexity index is 459. The van der Waals surface area contributed by atoms with Crippen molar-refractivity contribution in [3.8, 4) is 0 Å². The molecule has 0 saturated carbocycles. The van der Waals surface area contributed by atoms with Crippen molar-refractivity contribution in [2.24, 2.45) is 27.1 Å². The number of allylic oxidation sites excluding steroid dienone is 1. The summed E-state index contributed by atoms with van der Waals surface area (Å²) in [4.78, 5) is 14.0. The minimum absolute atomic E-state index is 0.00942. The molecular weight excluding hydrogens is 259 g/mol. The number of azo groups is 1. The molecule has 0 spiro atoms. The van der Waals surface area contributed by atoms with E-state index < -0.39 is 24.1 Å². The van der Waals surface area contributed by atoms with Crippen LogP contribution in [0.25, 0.3) is 0 Å². The van der Waals surface area contributed by atoms with Crippen molar-refractivity contribution in [2.75, 3.05) is 0 Å². The third kappa shape index (κ3) is 3.10. The minimum Gasteiger partial charge on any atom is -0.211 e. The highest BCUT2D eigenvalue weighted by atomic mass is 19.4. The van der Waals surface area contributed by atoms with Crippen LogP contribution in [0.3, 0.4) is 0 Å². The summed E-state index contributed by atoms with van der Waals surface area (Å²) in [5.41, 5.74) is -1.30. The Morgan fingerprint density at radius 1 is 1.32 bits per heavy atom. The topological polar surface area (TPSA) is 54.1 Å². The van der Waals surface area contributed by atoms with Crippen molar-refractivity contribution in [3.63, 3.8) is 0 Å². The number of carbonyl (C=O) groups excluding carboxylic acids is 1. The molecule has 0 aromatic rings. The van der Waals surface area contributed by atoms with Gasteiger partial charge in [-0.3, -0.25) is 0 Å². The largest absolute Gasteiger partial charge is 0.391 e. The number of aliphatic imine (C=N–C) groups is 1. The molecule has 0 bridgehead atoms. The summed E-state index contributed by atoms with van der Waals surface area (Å²) in [7, 11) is 0. The Balaban J connectivity index is 3.41. The minimum atomic E-state index is -4.42. The quantitative estimate of drug-likeness (QED) is 0.565. The summed E-state index contributed by atoms with van der Waals surface area (Å²) in [5.74, 6) is -0.647. The van der Waals surface area contributed by atoms with Gasteiger partial charge in [0.15, 0.2) is 0 Å². The molecule has 1 aliphatic heterocycles. The Hall–Kier alpha value is -1.49. The fraction of sp³-hybridized carbons (Fsp3) is 0.750. The first-order chi connectivity index (χ1) is 8.64. The van der Waals surface area contributed by atoms with Crippen LogP contribution < -0.4 is 0 Å². The maximum absolute atomic E-state index is 12.8. The highest BCUT2D eigenvalue weighted by molar-refractivity contribution is 5.43. The second kappa shape index (κ2) is 5.25. The average molecular weight is 275 g/mol. The van der Waals surface area contributed by atoms with Crippen molar-refractivity contribution in [1.29, 1.82) is 0 Å². The van der Waals surface area contributed by atoms with E-state index >= 15 is 0 Å². The molecule has 0 aliphatic carbocycles. The molecule has 0 N–H and O–H groups in total. The predicted molar refractivity (Wildman–Crippen MR) is 63.1 cm³/mol. The van der Waals surface area contributed by atoms with Gasteiger partial charge < -0.3 is 0 Å². The molecule has 4 nitrogen and oxygen atoms in total. The van der Waals surface area contributed by atoms with Crippen LogP contribution in [0.1, 0.15) is 34.1 Å². The average Bonchev–Trinajstić information content (AvgIpc) is 2.57. The highest BCUT2D eigenvalue weighted by Gasteiger charge is 2.51. The summed E-state index contributed by atoms with van der Waals surface area (Å²) in [6.07, 6.45) is -4.28. The smallest absolute Gasteiger partial charge is 0.211 e.